The summed E-state index contributed by atoms with van der Waals surface area (Å²) in [6, 6.07) is 3.75. The van der Waals surface area contributed by atoms with E-state index in [1.165, 1.54) is 12.1 Å². The van der Waals surface area contributed by atoms with E-state index in [-0.39, 0.29) is 5.75 Å². The standard InChI is InChI=1S/C12H10F6O2/c1-6-3-4-8(5-7(6)2)20-10(19)9(11(13,14)15)12(16,17)18/h3-5,9H,1-2H3. The first-order chi connectivity index (χ1) is 8.93. The molecule has 0 aromatic heterocycles. The summed E-state index contributed by atoms with van der Waals surface area (Å²) < 4.78 is 77.9. The number of esters is 1. The second-order valence-electron chi connectivity index (χ2n) is 4.18. The van der Waals surface area contributed by atoms with Crippen molar-refractivity contribution in [2.45, 2.75) is 26.2 Å². The molecule has 0 atom stereocenters. The van der Waals surface area contributed by atoms with E-state index in [1.54, 1.807) is 13.8 Å². The lowest BCUT2D eigenvalue weighted by Crippen LogP contribution is -2.44. The SMILES string of the molecule is Cc1ccc(OC(=O)C(C(F)(F)F)C(F)(F)F)cc1C. The molecule has 1 rings (SSSR count). The molecule has 0 bridgehead atoms. The highest BCUT2D eigenvalue weighted by atomic mass is 19.4. The number of benzene rings is 1. The zero-order valence-corrected chi connectivity index (χ0v) is 10.4. The fourth-order valence-electron chi connectivity index (χ4n) is 1.41. The predicted molar refractivity (Wildman–Crippen MR) is 57.2 cm³/mol. The summed E-state index contributed by atoms with van der Waals surface area (Å²) in [5.74, 6) is -6.92. The van der Waals surface area contributed by atoms with Crippen molar-refractivity contribution in [1.82, 2.24) is 0 Å². The zero-order valence-electron chi connectivity index (χ0n) is 10.4. The van der Waals surface area contributed by atoms with Gasteiger partial charge in [-0.25, -0.2) is 0 Å². The van der Waals surface area contributed by atoms with Gasteiger partial charge in [0.25, 0.3) is 0 Å². The first kappa shape index (κ1) is 16.3. The number of hydrogen-bond acceptors (Lipinski definition) is 2. The van der Waals surface area contributed by atoms with E-state index in [2.05, 4.69) is 4.74 Å². The van der Waals surface area contributed by atoms with Gasteiger partial charge in [-0.05, 0) is 37.1 Å². The molecule has 0 unspecified atom stereocenters. The molecule has 0 heterocycles. The average Bonchev–Trinajstić information content (AvgIpc) is 2.18. The molecule has 0 radical (unpaired) electrons. The lowest BCUT2D eigenvalue weighted by Gasteiger charge is -2.21. The predicted octanol–water partition coefficient (Wildman–Crippen LogP) is 3.95. The molecule has 0 spiro atoms. The minimum absolute atomic E-state index is 0.364. The maximum atomic E-state index is 12.3. The maximum Gasteiger partial charge on any atom is 0.411 e. The van der Waals surface area contributed by atoms with Crippen LogP contribution in [-0.4, -0.2) is 18.3 Å². The van der Waals surface area contributed by atoms with Gasteiger partial charge in [-0.1, -0.05) is 6.07 Å². The van der Waals surface area contributed by atoms with Gasteiger partial charge in [0.2, 0.25) is 5.92 Å². The number of ether oxygens (including phenoxy) is 1. The van der Waals surface area contributed by atoms with Gasteiger partial charge in [0.15, 0.2) is 0 Å². The Morgan fingerprint density at radius 1 is 1.00 bits per heavy atom. The van der Waals surface area contributed by atoms with Crippen molar-refractivity contribution in [2.24, 2.45) is 5.92 Å². The van der Waals surface area contributed by atoms with E-state index < -0.39 is 24.2 Å². The van der Waals surface area contributed by atoms with E-state index in [9.17, 15) is 31.1 Å². The zero-order chi connectivity index (χ0) is 15.7. The van der Waals surface area contributed by atoms with Gasteiger partial charge < -0.3 is 4.74 Å². The molecule has 0 fully saturated rings. The molecule has 8 heteroatoms. The summed E-state index contributed by atoms with van der Waals surface area (Å²) in [5.41, 5.74) is 1.33. The molecule has 1 aromatic carbocycles. The van der Waals surface area contributed by atoms with Crippen LogP contribution in [0.25, 0.3) is 0 Å². The van der Waals surface area contributed by atoms with Gasteiger partial charge in [-0.3, -0.25) is 4.79 Å². The van der Waals surface area contributed by atoms with Crippen LogP contribution in [0.3, 0.4) is 0 Å². The average molecular weight is 300 g/mol. The van der Waals surface area contributed by atoms with E-state index in [0.717, 1.165) is 11.6 Å². The molecule has 1 aromatic rings. The van der Waals surface area contributed by atoms with Crippen LogP contribution in [0.5, 0.6) is 5.75 Å². The second-order valence-corrected chi connectivity index (χ2v) is 4.18. The van der Waals surface area contributed by atoms with Crippen LogP contribution in [0, 0.1) is 19.8 Å². The Hall–Kier alpha value is -1.73. The van der Waals surface area contributed by atoms with Crippen LogP contribution in [0.2, 0.25) is 0 Å². The minimum Gasteiger partial charge on any atom is -0.426 e. The Bertz CT molecular complexity index is 490. The monoisotopic (exact) mass is 300 g/mol. The van der Waals surface area contributed by atoms with Gasteiger partial charge in [0.05, 0.1) is 0 Å². The fourth-order valence-corrected chi connectivity index (χ4v) is 1.41. The Balaban J connectivity index is 3.00. The van der Waals surface area contributed by atoms with Crippen molar-refractivity contribution in [1.29, 1.82) is 0 Å². The topological polar surface area (TPSA) is 26.3 Å². The molecule has 0 amide bonds. The number of rotatable bonds is 2. The van der Waals surface area contributed by atoms with Crippen LogP contribution in [-0.2, 0) is 4.79 Å². The molecule has 0 aliphatic carbocycles. The Labute approximate surface area is 110 Å². The molecule has 0 saturated carbocycles. The maximum absolute atomic E-state index is 12.3. The molecular weight excluding hydrogens is 290 g/mol. The number of halogens is 6. The molecule has 0 aliphatic heterocycles. The van der Waals surface area contributed by atoms with Gasteiger partial charge in [0.1, 0.15) is 5.75 Å². The van der Waals surface area contributed by atoms with Gasteiger partial charge in [-0.2, -0.15) is 26.3 Å². The second kappa shape index (κ2) is 5.34. The lowest BCUT2D eigenvalue weighted by molar-refractivity contribution is -0.279. The molecule has 112 valence electrons. The first-order valence-electron chi connectivity index (χ1n) is 5.35. The molecular formula is C12H10F6O2. The number of carbonyl (C=O) groups is 1. The summed E-state index contributed by atoms with van der Waals surface area (Å²) in [5, 5.41) is 0. The molecule has 0 saturated heterocycles. The van der Waals surface area contributed by atoms with Gasteiger partial charge in [0, 0.05) is 0 Å². The summed E-state index contributed by atoms with van der Waals surface area (Å²) in [4.78, 5) is 11.1. The van der Waals surface area contributed by atoms with Crippen LogP contribution >= 0.6 is 0 Å². The van der Waals surface area contributed by atoms with Crippen molar-refractivity contribution in [3.63, 3.8) is 0 Å². The summed E-state index contributed by atoms with van der Waals surface area (Å²) in [6.45, 7) is 3.27. The Morgan fingerprint density at radius 3 is 1.90 bits per heavy atom. The highest BCUT2D eigenvalue weighted by molar-refractivity contribution is 5.76. The van der Waals surface area contributed by atoms with Crippen molar-refractivity contribution in [3.05, 3.63) is 29.3 Å². The van der Waals surface area contributed by atoms with Crippen LogP contribution < -0.4 is 4.74 Å². The van der Waals surface area contributed by atoms with Crippen molar-refractivity contribution < 1.29 is 35.9 Å². The highest BCUT2D eigenvalue weighted by Gasteiger charge is 2.62. The normalized spacial score (nSPS) is 12.7. The molecule has 2 nitrogen and oxygen atoms in total. The van der Waals surface area contributed by atoms with E-state index in [4.69, 9.17) is 0 Å². The fraction of sp³-hybridized carbons (Fsp3) is 0.417. The molecule has 0 aliphatic rings. The quantitative estimate of drug-likeness (QED) is 0.469. The van der Waals surface area contributed by atoms with Gasteiger partial charge >= 0.3 is 18.3 Å². The van der Waals surface area contributed by atoms with Gasteiger partial charge in [-0.15, -0.1) is 0 Å². The van der Waals surface area contributed by atoms with Crippen molar-refractivity contribution >= 4 is 5.97 Å². The molecule has 0 N–H and O–H groups in total. The summed E-state index contributed by atoms with van der Waals surface area (Å²) in [6.07, 6.45) is -11.5. The van der Waals surface area contributed by atoms with Crippen LogP contribution in [0.15, 0.2) is 18.2 Å². The third-order valence-electron chi connectivity index (χ3n) is 2.59. The Morgan fingerprint density at radius 2 is 1.50 bits per heavy atom. The third-order valence-corrected chi connectivity index (χ3v) is 2.59. The Kier molecular flexibility index (Phi) is 4.36. The van der Waals surface area contributed by atoms with Crippen molar-refractivity contribution in [2.75, 3.05) is 0 Å². The smallest absolute Gasteiger partial charge is 0.411 e. The van der Waals surface area contributed by atoms with Crippen LogP contribution in [0.4, 0.5) is 26.3 Å². The van der Waals surface area contributed by atoms with E-state index in [0.29, 0.717) is 5.56 Å². The number of carbonyl (C=O) groups excluding carboxylic acids is 1. The highest BCUT2D eigenvalue weighted by Crippen LogP contribution is 2.40. The number of hydrogen-bond donors (Lipinski definition) is 0. The summed E-state index contributed by atoms with van der Waals surface area (Å²) >= 11 is 0. The first-order valence-corrected chi connectivity index (χ1v) is 5.35. The number of alkyl halides is 6. The van der Waals surface area contributed by atoms with E-state index in [1.807, 2.05) is 0 Å². The third kappa shape index (κ3) is 3.88. The van der Waals surface area contributed by atoms with E-state index >= 15 is 0 Å². The molecule has 20 heavy (non-hydrogen) atoms. The summed E-state index contributed by atoms with van der Waals surface area (Å²) in [7, 11) is 0. The largest absolute Gasteiger partial charge is 0.426 e. The van der Waals surface area contributed by atoms with Crippen LogP contribution in [0.1, 0.15) is 11.1 Å². The van der Waals surface area contributed by atoms with Crippen molar-refractivity contribution in [3.8, 4) is 5.75 Å². The lowest BCUT2D eigenvalue weighted by atomic mass is 10.1. The number of aryl methyl sites for hydroxylation is 2. The minimum atomic E-state index is -5.75.